The van der Waals surface area contributed by atoms with Crippen molar-refractivity contribution in [1.29, 1.82) is 0 Å². The average Bonchev–Trinajstić information content (AvgIpc) is 3.41. The Bertz CT molecular complexity index is 1680. The number of sulfonamides is 1. The van der Waals surface area contributed by atoms with Gasteiger partial charge in [0.05, 0.1) is 12.1 Å². The molecule has 1 unspecified atom stereocenters. The number of carbonyl (C=O) groups excluding carboxylic acids is 2. The Labute approximate surface area is 251 Å². The third kappa shape index (κ3) is 6.01. The van der Waals surface area contributed by atoms with E-state index in [1.54, 1.807) is 6.07 Å². The highest BCUT2D eigenvalue weighted by Gasteiger charge is 2.36. The quantitative estimate of drug-likeness (QED) is 0.211. The van der Waals surface area contributed by atoms with E-state index in [0.717, 1.165) is 43.1 Å². The van der Waals surface area contributed by atoms with Crippen LogP contribution in [-0.4, -0.2) is 25.5 Å². The van der Waals surface area contributed by atoms with E-state index in [0.29, 0.717) is 22.6 Å². The summed E-state index contributed by atoms with van der Waals surface area (Å²) in [5.41, 5.74) is -0.183. The molecule has 1 saturated carbocycles. The van der Waals surface area contributed by atoms with Crippen LogP contribution in [0.25, 0.3) is 0 Å². The summed E-state index contributed by atoms with van der Waals surface area (Å²) in [6.07, 6.45) is 5.67. The highest BCUT2D eigenvalue weighted by atomic mass is 32.2. The maximum Gasteiger partial charge on any atom is 0.251 e. The average molecular weight is 636 g/mol. The zero-order chi connectivity index (χ0) is 31.8. The van der Waals surface area contributed by atoms with E-state index in [9.17, 15) is 40.0 Å². The van der Waals surface area contributed by atoms with E-state index < -0.39 is 62.4 Å². The van der Waals surface area contributed by atoms with Gasteiger partial charge in [0.15, 0.2) is 28.5 Å². The molecule has 1 aliphatic heterocycles. The standard InChI is InChI=1S/C31H30F5N3O4S/c1-17(44(42,43)38-29-27(35)25(33)24(14-32)26(34)28(29)36)31(41)39(22-11-12-23-21(13-22)15-37-30(23)40)16-18-7-9-20(10-8-18)19-5-3-2-4-6-19/h7-13,17,19,38H,2-6,14-16H2,1H3,(H,37,40). The molecule has 1 aliphatic carbocycles. The van der Waals surface area contributed by atoms with E-state index in [2.05, 4.69) is 5.32 Å². The predicted octanol–water partition coefficient (Wildman–Crippen LogP) is 6.37. The number of nitrogens with zero attached hydrogens (tertiary/aromatic N) is 1. The minimum absolute atomic E-state index is 0.0963. The number of rotatable bonds is 9. The zero-order valence-electron chi connectivity index (χ0n) is 23.7. The van der Waals surface area contributed by atoms with Gasteiger partial charge in [-0.1, -0.05) is 43.5 Å². The second-order valence-electron chi connectivity index (χ2n) is 11.1. The van der Waals surface area contributed by atoms with Crippen LogP contribution in [-0.2, 0) is 34.6 Å². The van der Waals surface area contributed by atoms with E-state index in [-0.39, 0.29) is 24.7 Å². The van der Waals surface area contributed by atoms with Crippen molar-refractivity contribution in [3.8, 4) is 0 Å². The number of anilines is 2. The first-order valence-electron chi connectivity index (χ1n) is 14.2. The molecule has 3 aromatic carbocycles. The number of hydrogen-bond donors (Lipinski definition) is 2. The number of alkyl halides is 1. The number of carbonyl (C=O) groups is 2. The molecular weight excluding hydrogens is 605 g/mol. The van der Waals surface area contributed by atoms with Gasteiger partial charge in [0.25, 0.3) is 5.91 Å². The van der Waals surface area contributed by atoms with Crippen LogP contribution in [0, 0.1) is 23.3 Å². The molecule has 0 bridgehead atoms. The summed E-state index contributed by atoms with van der Waals surface area (Å²) in [5, 5.41) is 0.654. The molecule has 0 saturated heterocycles. The first-order chi connectivity index (χ1) is 20.9. The van der Waals surface area contributed by atoms with Crippen molar-refractivity contribution >= 4 is 33.2 Å². The Morgan fingerprint density at radius 1 is 0.977 bits per heavy atom. The van der Waals surface area contributed by atoms with E-state index in [4.69, 9.17) is 0 Å². The molecule has 2 N–H and O–H groups in total. The minimum Gasteiger partial charge on any atom is -0.348 e. The first-order valence-corrected chi connectivity index (χ1v) is 15.7. The van der Waals surface area contributed by atoms with Crippen molar-refractivity contribution < 1.29 is 40.0 Å². The minimum atomic E-state index is -5.01. The van der Waals surface area contributed by atoms with Crippen LogP contribution in [0.3, 0.4) is 0 Å². The number of benzene rings is 3. The second-order valence-corrected chi connectivity index (χ2v) is 13.1. The molecule has 1 atom stereocenters. The van der Waals surface area contributed by atoms with Gasteiger partial charge in [-0.05, 0) is 60.6 Å². The topological polar surface area (TPSA) is 95.6 Å². The molecule has 0 aromatic heterocycles. The smallest absolute Gasteiger partial charge is 0.251 e. The fourth-order valence-corrected chi connectivity index (χ4v) is 6.70. The number of amides is 2. The van der Waals surface area contributed by atoms with Crippen molar-refractivity contribution in [3.63, 3.8) is 0 Å². The van der Waals surface area contributed by atoms with E-state index in [1.807, 2.05) is 24.3 Å². The van der Waals surface area contributed by atoms with Gasteiger partial charge in [-0.3, -0.25) is 14.3 Å². The van der Waals surface area contributed by atoms with Crippen LogP contribution in [0.1, 0.15) is 77.6 Å². The summed E-state index contributed by atoms with van der Waals surface area (Å²) >= 11 is 0. The van der Waals surface area contributed by atoms with Crippen molar-refractivity contribution in [2.75, 3.05) is 9.62 Å². The summed E-state index contributed by atoms with van der Waals surface area (Å²) in [5.74, 6) is -9.37. The van der Waals surface area contributed by atoms with Crippen molar-refractivity contribution in [1.82, 2.24) is 5.32 Å². The van der Waals surface area contributed by atoms with Crippen LogP contribution in [0.2, 0.25) is 0 Å². The molecule has 1 heterocycles. The van der Waals surface area contributed by atoms with Gasteiger partial charge in [0, 0.05) is 17.8 Å². The Balaban J connectivity index is 1.46. The lowest BCUT2D eigenvalue weighted by Crippen LogP contribution is -2.43. The number of fused-ring (bicyclic) bond motifs is 1. The Hall–Kier alpha value is -4.00. The van der Waals surface area contributed by atoms with Crippen LogP contribution >= 0.6 is 0 Å². The lowest BCUT2D eigenvalue weighted by Gasteiger charge is -2.27. The van der Waals surface area contributed by atoms with Crippen LogP contribution in [0.4, 0.5) is 33.3 Å². The van der Waals surface area contributed by atoms with Crippen LogP contribution in [0.15, 0.2) is 42.5 Å². The molecule has 5 rings (SSSR count). The van der Waals surface area contributed by atoms with Gasteiger partial charge in [-0.25, -0.2) is 30.4 Å². The molecule has 7 nitrogen and oxygen atoms in total. The molecule has 2 amide bonds. The van der Waals surface area contributed by atoms with Gasteiger partial charge < -0.3 is 10.2 Å². The molecule has 234 valence electrons. The van der Waals surface area contributed by atoms with Crippen molar-refractivity contribution in [2.45, 2.75) is 70.0 Å². The summed E-state index contributed by atoms with van der Waals surface area (Å²) in [7, 11) is -5.01. The lowest BCUT2D eigenvalue weighted by atomic mass is 9.84. The van der Waals surface area contributed by atoms with Crippen molar-refractivity contribution in [3.05, 3.63) is 93.6 Å². The summed E-state index contributed by atoms with van der Waals surface area (Å²) in [6, 6.07) is 12.2. The van der Waals surface area contributed by atoms with Crippen LogP contribution in [0.5, 0.6) is 0 Å². The number of nitrogens with one attached hydrogen (secondary N) is 2. The molecule has 0 spiro atoms. The number of halogens is 5. The molecule has 44 heavy (non-hydrogen) atoms. The summed E-state index contributed by atoms with van der Waals surface area (Å²) in [4.78, 5) is 27.0. The fourth-order valence-electron chi connectivity index (χ4n) is 5.66. The highest BCUT2D eigenvalue weighted by Crippen LogP contribution is 2.34. The molecular formula is C31H30F5N3O4S. The first kappa shape index (κ1) is 31.4. The maximum absolute atomic E-state index is 14.5. The van der Waals surface area contributed by atoms with Gasteiger partial charge in [-0.15, -0.1) is 0 Å². The molecule has 13 heteroatoms. The highest BCUT2D eigenvalue weighted by molar-refractivity contribution is 7.94. The summed E-state index contributed by atoms with van der Waals surface area (Å²) in [6.45, 7) is -0.812. The van der Waals surface area contributed by atoms with Gasteiger partial charge >= 0.3 is 0 Å². The largest absolute Gasteiger partial charge is 0.348 e. The van der Waals surface area contributed by atoms with E-state index >= 15 is 0 Å². The maximum atomic E-state index is 14.5. The lowest BCUT2D eigenvalue weighted by molar-refractivity contribution is -0.118. The van der Waals surface area contributed by atoms with Gasteiger partial charge in [-0.2, -0.15) is 0 Å². The zero-order valence-corrected chi connectivity index (χ0v) is 24.5. The number of hydrogen-bond acceptors (Lipinski definition) is 4. The molecule has 1 fully saturated rings. The SMILES string of the molecule is CC(C(=O)N(Cc1ccc(C2CCCCC2)cc1)c1ccc2c(c1)CNC2=O)S(=O)(=O)Nc1c(F)c(F)c(CF)c(F)c1F. The Kier molecular flexibility index (Phi) is 8.96. The molecule has 0 radical (unpaired) electrons. The predicted molar refractivity (Wildman–Crippen MR) is 154 cm³/mol. The third-order valence-corrected chi connectivity index (χ3v) is 9.91. The molecule has 3 aromatic rings. The fraction of sp³-hybridized carbons (Fsp3) is 0.355. The Morgan fingerprint density at radius 3 is 2.23 bits per heavy atom. The van der Waals surface area contributed by atoms with Crippen molar-refractivity contribution in [2.24, 2.45) is 0 Å². The monoisotopic (exact) mass is 635 g/mol. The van der Waals surface area contributed by atoms with Gasteiger partial charge in [0.1, 0.15) is 12.4 Å². The van der Waals surface area contributed by atoms with E-state index in [1.165, 1.54) is 23.3 Å². The van der Waals surface area contributed by atoms with Crippen LogP contribution < -0.4 is 14.9 Å². The second kappa shape index (κ2) is 12.5. The third-order valence-electron chi connectivity index (χ3n) is 8.29. The Morgan fingerprint density at radius 2 is 1.61 bits per heavy atom. The molecule has 2 aliphatic rings. The normalized spacial score (nSPS) is 15.9. The van der Waals surface area contributed by atoms with Gasteiger partial charge in [0.2, 0.25) is 15.9 Å². The summed E-state index contributed by atoms with van der Waals surface area (Å²) < 4.78 is 98.1.